The van der Waals surface area contributed by atoms with Crippen molar-refractivity contribution in [1.82, 2.24) is 15.1 Å². The third kappa shape index (κ3) is 3.10. The Balaban J connectivity index is 1.63. The van der Waals surface area contributed by atoms with E-state index in [1.165, 1.54) is 23.9 Å². The fourth-order valence-electron chi connectivity index (χ4n) is 2.38. The molecule has 1 atom stereocenters. The zero-order valence-electron chi connectivity index (χ0n) is 11.2. The van der Waals surface area contributed by atoms with Gasteiger partial charge in [-0.1, -0.05) is 11.3 Å². The van der Waals surface area contributed by atoms with Crippen molar-refractivity contribution < 1.29 is 14.0 Å². The van der Waals surface area contributed by atoms with Gasteiger partial charge in [0.25, 0.3) is 5.91 Å². The number of nitrogens with zero attached hydrogens (tertiary/aromatic N) is 3. The number of nitrogens with one attached hydrogen (secondary N) is 1. The molecule has 0 spiro atoms. The molecule has 1 unspecified atom stereocenters. The third-order valence-corrected chi connectivity index (χ3v) is 4.04. The summed E-state index contributed by atoms with van der Waals surface area (Å²) in [6.07, 6.45) is 4.46. The van der Waals surface area contributed by atoms with Gasteiger partial charge in [-0.2, -0.15) is 0 Å². The standard InChI is InChI=1S/C13H14N4O3S/c18-11(15-13-16-14-8-21-13)9-2-1-4-17(6-9)12(19)10-3-5-20-7-10/h3,5,7-9H,1-2,4,6H2,(H,15,16,18). The maximum absolute atomic E-state index is 12.3. The van der Waals surface area contributed by atoms with Gasteiger partial charge in [0.1, 0.15) is 11.8 Å². The van der Waals surface area contributed by atoms with E-state index in [0.29, 0.717) is 23.8 Å². The lowest BCUT2D eigenvalue weighted by atomic mass is 9.97. The molecule has 2 amide bonds. The van der Waals surface area contributed by atoms with Crippen LogP contribution in [0, 0.1) is 5.92 Å². The second-order valence-corrected chi connectivity index (χ2v) is 5.67. The van der Waals surface area contributed by atoms with Crippen molar-refractivity contribution in [3.8, 4) is 0 Å². The van der Waals surface area contributed by atoms with Crippen LogP contribution in [0.4, 0.5) is 5.13 Å². The maximum Gasteiger partial charge on any atom is 0.257 e. The molecule has 0 saturated carbocycles. The van der Waals surface area contributed by atoms with E-state index in [9.17, 15) is 9.59 Å². The highest BCUT2D eigenvalue weighted by Gasteiger charge is 2.29. The van der Waals surface area contributed by atoms with Gasteiger partial charge >= 0.3 is 0 Å². The first-order chi connectivity index (χ1) is 10.2. The molecule has 0 aromatic carbocycles. The van der Waals surface area contributed by atoms with Crippen LogP contribution in [0.15, 0.2) is 28.5 Å². The topological polar surface area (TPSA) is 88.3 Å². The molecule has 0 bridgehead atoms. The summed E-state index contributed by atoms with van der Waals surface area (Å²) in [4.78, 5) is 26.1. The van der Waals surface area contributed by atoms with E-state index in [-0.39, 0.29) is 17.7 Å². The number of aromatic nitrogens is 2. The van der Waals surface area contributed by atoms with Crippen LogP contribution >= 0.6 is 11.3 Å². The summed E-state index contributed by atoms with van der Waals surface area (Å²) in [5.74, 6) is -0.438. The van der Waals surface area contributed by atoms with Gasteiger partial charge in [0, 0.05) is 13.1 Å². The second-order valence-electron chi connectivity index (χ2n) is 4.84. The Morgan fingerprint density at radius 1 is 1.48 bits per heavy atom. The average molecular weight is 306 g/mol. The number of amides is 2. The molecular formula is C13H14N4O3S. The van der Waals surface area contributed by atoms with Gasteiger partial charge in [-0.25, -0.2) is 0 Å². The predicted molar refractivity (Wildman–Crippen MR) is 75.9 cm³/mol. The van der Waals surface area contributed by atoms with Crippen LogP contribution in [-0.2, 0) is 4.79 Å². The first-order valence-electron chi connectivity index (χ1n) is 6.62. The summed E-state index contributed by atoms with van der Waals surface area (Å²) >= 11 is 1.27. The number of furan rings is 1. The predicted octanol–water partition coefficient (Wildman–Crippen LogP) is 1.62. The van der Waals surface area contributed by atoms with Crippen molar-refractivity contribution >= 4 is 28.3 Å². The van der Waals surface area contributed by atoms with Crippen LogP contribution in [0.5, 0.6) is 0 Å². The van der Waals surface area contributed by atoms with Crippen molar-refractivity contribution in [2.24, 2.45) is 5.92 Å². The van der Waals surface area contributed by atoms with Crippen LogP contribution < -0.4 is 5.32 Å². The highest BCUT2D eigenvalue weighted by Crippen LogP contribution is 2.21. The van der Waals surface area contributed by atoms with E-state index >= 15 is 0 Å². The summed E-state index contributed by atoms with van der Waals surface area (Å²) in [5, 5.41) is 10.7. The minimum absolute atomic E-state index is 0.0998. The molecule has 2 aromatic rings. The first kappa shape index (κ1) is 13.7. The molecule has 7 nitrogen and oxygen atoms in total. The highest BCUT2D eigenvalue weighted by molar-refractivity contribution is 7.13. The van der Waals surface area contributed by atoms with Crippen LogP contribution in [0.3, 0.4) is 0 Å². The normalized spacial score (nSPS) is 18.5. The molecular weight excluding hydrogens is 292 g/mol. The van der Waals surface area contributed by atoms with Crippen LogP contribution in [0.2, 0.25) is 0 Å². The van der Waals surface area contributed by atoms with Gasteiger partial charge in [-0.05, 0) is 18.9 Å². The van der Waals surface area contributed by atoms with Crippen molar-refractivity contribution in [1.29, 1.82) is 0 Å². The number of likely N-dealkylation sites (tertiary alicyclic amines) is 1. The third-order valence-electron chi connectivity index (χ3n) is 3.44. The number of hydrogen-bond acceptors (Lipinski definition) is 6. The van der Waals surface area contributed by atoms with Gasteiger partial charge in [0.15, 0.2) is 0 Å². The first-order valence-corrected chi connectivity index (χ1v) is 7.50. The van der Waals surface area contributed by atoms with Crippen LogP contribution in [-0.4, -0.2) is 40.0 Å². The molecule has 3 heterocycles. The number of rotatable bonds is 3. The molecule has 1 fully saturated rings. The summed E-state index contributed by atoms with van der Waals surface area (Å²) in [6, 6.07) is 1.63. The van der Waals surface area contributed by atoms with Crippen LogP contribution in [0.1, 0.15) is 23.2 Å². The van der Waals surface area contributed by atoms with Crippen molar-refractivity contribution in [3.05, 3.63) is 29.7 Å². The Morgan fingerprint density at radius 2 is 2.38 bits per heavy atom. The fraction of sp³-hybridized carbons (Fsp3) is 0.385. The minimum Gasteiger partial charge on any atom is -0.472 e. The van der Waals surface area contributed by atoms with E-state index in [1.54, 1.807) is 16.5 Å². The Kier molecular flexibility index (Phi) is 3.96. The lowest BCUT2D eigenvalue weighted by Crippen LogP contribution is -2.43. The van der Waals surface area contributed by atoms with Gasteiger partial charge in [-0.15, -0.1) is 10.2 Å². The molecule has 0 aliphatic carbocycles. The van der Waals surface area contributed by atoms with Crippen molar-refractivity contribution in [3.63, 3.8) is 0 Å². The van der Waals surface area contributed by atoms with Crippen molar-refractivity contribution in [2.75, 3.05) is 18.4 Å². The monoisotopic (exact) mass is 306 g/mol. The number of piperidine rings is 1. The molecule has 1 saturated heterocycles. The second kappa shape index (κ2) is 6.04. The van der Waals surface area contributed by atoms with E-state index in [2.05, 4.69) is 15.5 Å². The fourth-order valence-corrected chi connectivity index (χ4v) is 2.83. The molecule has 2 aromatic heterocycles. The molecule has 110 valence electrons. The van der Waals surface area contributed by atoms with E-state index in [0.717, 1.165) is 12.8 Å². The Morgan fingerprint density at radius 3 is 3.10 bits per heavy atom. The summed E-state index contributed by atoms with van der Waals surface area (Å²) in [5.41, 5.74) is 2.07. The van der Waals surface area contributed by atoms with E-state index in [4.69, 9.17) is 4.42 Å². The van der Waals surface area contributed by atoms with Gasteiger partial charge in [-0.3, -0.25) is 9.59 Å². The SMILES string of the molecule is O=C(Nc1nncs1)C1CCCN(C(=O)c2ccoc2)C1. The van der Waals surface area contributed by atoms with E-state index < -0.39 is 0 Å². The zero-order chi connectivity index (χ0) is 14.7. The minimum atomic E-state index is -0.224. The molecule has 8 heteroatoms. The maximum atomic E-state index is 12.3. The lowest BCUT2D eigenvalue weighted by Gasteiger charge is -2.31. The largest absolute Gasteiger partial charge is 0.472 e. The molecule has 3 rings (SSSR count). The van der Waals surface area contributed by atoms with Crippen LogP contribution in [0.25, 0.3) is 0 Å². The summed E-state index contributed by atoms with van der Waals surface area (Å²) in [6.45, 7) is 1.07. The Hall–Kier alpha value is -2.22. The molecule has 1 aliphatic rings. The van der Waals surface area contributed by atoms with Gasteiger partial charge in [0.05, 0.1) is 17.7 Å². The number of carbonyl (C=O) groups excluding carboxylic acids is 2. The summed E-state index contributed by atoms with van der Waals surface area (Å²) in [7, 11) is 0. The number of hydrogen-bond donors (Lipinski definition) is 1. The average Bonchev–Trinajstić information content (AvgIpc) is 3.20. The molecule has 21 heavy (non-hydrogen) atoms. The smallest absolute Gasteiger partial charge is 0.257 e. The highest BCUT2D eigenvalue weighted by atomic mass is 32.1. The van der Waals surface area contributed by atoms with Gasteiger partial charge in [0.2, 0.25) is 11.0 Å². The lowest BCUT2D eigenvalue weighted by molar-refractivity contribution is -0.121. The Bertz CT molecular complexity index is 611. The quantitative estimate of drug-likeness (QED) is 0.931. The zero-order valence-corrected chi connectivity index (χ0v) is 12.0. The van der Waals surface area contributed by atoms with Crippen molar-refractivity contribution in [2.45, 2.75) is 12.8 Å². The van der Waals surface area contributed by atoms with Gasteiger partial charge < -0.3 is 14.6 Å². The number of anilines is 1. The molecule has 0 radical (unpaired) electrons. The Labute approximate surface area is 125 Å². The molecule has 1 aliphatic heterocycles. The summed E-state index contributed by atoms with van der Waals surface area (Å²) < 4.78 is 4.93. The molecule has 1 N–H and O–H groups in total. The number of carbonyl (C=O) groups is 2. The van der Waals surface area contributed by atoms with E-state index in [1.807, 2.05) is 0 Å².